The maximum Gasteiger partial charge on any atom is 0.229 e. The van der Waals surface area contributed by atoms with Gasteiger partial charge < -0.3 is 15.8 Å². The second-order valence-electron chi connectivity index (χ2n) is 3.79. The molecule has 1 aromatic rings. The minimum Gasteiger partial charge on any atom is -0.397 e. The monoisotopic (exact) mass is 240 g/mol. The van der Waals surface area contributed by atoms with Crippen LogP contribution in [0.15, 0.2) is 18.2 Å². The number of carbonyl (C=O) groups is 1. The fourth-order valence-electron chi connectivity index (χ4n) is 1.61. The van der Waals surface area contributed by atoms with Gasteiger partial charge in [-0.1, -0.05) is 11.6 Å². The Kier molecular flexibility index (Phi) is 3.31. The van der Waals surface area contributed by atoms with E-state index in [1.807, 2.05) is 0 Å². The first-order chi connectivity index (χ1) is 7.66. The van der Waals surface area contributed by atoms with Gasteiger partial charge in [0.1, 0.15) is 0 Å². The maximum atomic E-state index is 11.7. The highest BCUT2D eigenvalue weighted by molar-refractivity contribution is 6.33. The molecule has 86 valence electrons. The molecule has 1 saturated heterocycles. The number of anilines is 2. The number of rotatable bonds is 2. The molecule has 0 aliphatic carbocycles. The number of carbonyl (C=O) groups excluding carboxylic acids is 1. The van der Waals surface area contributed by atoms with Gasteiger partial charge in [-0.3, -0.25) is 4.79 Å². The van der Waals surface area contributed by atoms with Crippen molar-refractivity contribution in [3.05, 3.63) is 23.2 Å². The summed E-state index contributed by atoms with van der Waals surface area (Å²) in [7, 11) is 0. The first-order valence-electron chi connectivity index (χ1n) is 5.10. The molecular formula is C11H13ClN2O2. The number of nitrogens with two attached hydrogens (primary N) is 1. The van der Waals surface area contributed by atoms with E-state index in [9.17, 15) is 4.79 Å². The summed E-state index contributed by atoms with van der Waals surface area (Å²) in [5, 5.41) is 3.28. The molecule has 1 atom stereocenters. The number of hydrogen-bond acceptors (Lipinski definition) is 3. The van der Waals surface area contributed by atoms with E-state index in [1.165, 1.54) is 0 Å². The minimum atomic E-state index is -0.0584. The van der Waals surface area contributed by atoms with Gasteiger partial charge in [-0.05, 0) is 24.6 Å². The number of nitrogen functional groups attached to an aromatic ring is 1. The van der Waals surface area contributed by atoms with Gasteiger partial charge in [0, 0.05) is 12.3 Å². The maximum absolute atomic E-state index is 11.7. The van der Waals surface area contributed by atoms with Crippen molar-refractivity contribution in [2.75, 3.05) is 24.3 Å². The summed E-state index contributed by atoms with van der Waals surface area (Å²) in [4.78, 5) is 11.7. The highest BCUT2D eigenvalue weighted by Gasteiger charge is 2.23. The van der Waals surface area contributed by atoms with Crippen molar-refractivity contribution in [2.24, 2.45) is 5.92 Å². The number of hydrogen-bond donors (Lipinski definition) is 2. The highest BCUT2D eigenvalue weighted by Crippen LogP contribution is 2.23. The number of halogens is 1. The Morgan fingerprint density at radius 3 is 3.00 bits per heavy atom. The fraction of sp³-hybridized carbons (Fsp3) is 0.364. The van der Waals surface area contributed by atoms with Gasteiger partial charge in [0.2, 0.25) is 5.91 Å². The number of amides is 1. The Morgan fingerprint density at radius 2 is 2.38 bits per heavy atom. The molecule has 0 aromatic heterocycles. The van der Waals surface area contributed by atoms with Crippen molar-refractivity contribution in [3.8, 4) is 0 Å². The Balaban J connectivity index is 2.02. The molecule has 1 aromatic carbocycles. The molecule has 1 aliphatic rings. The Hall–Kier alpha value is -1.26. The van der Waals surface area contributed by atoms with E-state index in [2.05, 4.69) is 5.32 Å². The number of benzene rings is 1. The number of nitrogens with one attached hydrogen (secondary N) is 1. The molecule has 1 heterocycles. The second-order valence-corrected chi connectivity index (χ2v) is 4.19. The molecule has 5 heteroatoms. The molecule has 3 N–H and O–H groups in total. The van der Waals surface area contributed by atoms with Crippen LogP contribution in [-0.4, -0.2) is 19.1 Å². The van der Waals surface area contributed by atoms with Crippen LogP contribution in [0, 0.1) is 5.92 Å². The average molecular weight is 241 g/mol. The van der Waals surface area contributed by atoms with Crippen molar-refractivity contribution >= 4 is 28.9 Å². The van der Waals surface area contributed by atoms with Crippen LogP contribution >= 0.6 is 11.6 Å². The van der Waals surface area contributed by atoms with Crippen LogP contribution in [0.5, 0.6) is 0 Å². The van der Waals surface area contributed by atoms with Crippen molar-refractivity contribution in [2.45, 2.75) is 6.42 Å². The molecular weight excluding hydrogens is 228 g/mol. The van der Waals surface area contributed by atoms with Crippen LogP contribution in [0.25, 0.3) is 0 Å². The minimum absolute atomic E-state index is 0.0285. The zero-order chi connectivity index (χ0) is 11.5. The molecule has 1 fully saturated rings. The lowest BCUT2D eigenvalue weighted by Gasteiger charge is -2.10. The first-order valence-corrected chi connectivity index (χ1v) is 5.48. The van der Waals surface area contributed by atoms with Crippen LogP contribution in [0.1, 0.15) is 6.42 Å². The molecule has 1 aliphatic heterocycles. The van der Waals surface area contributed by atoms with E-state index in [0.717, 1.165) is 6.42 Å². The molecule has 1 unspecified atom stereocenters. The van der Waals surface area contributed by atoms with E-state index in [-0.39, 0.29) is 11.8 Å². The van der Waals surface area contributed by atoms with Gasteiger partial charge in [0.25, 0.3) is 0 Å². The van der Waals surface area contributed by atoms with Crippen molar-refractivity contribution in [1.29, 1.82) is 0 Å². The molecule has 4 nitrogen and oxygen atoms in total. The molecule has 0 radical (unpaired) electrons. The zero-order valence-corrected chi connectivity index (χ0v) is 9.46. The average Bonchev–Trinajstić information content (AvgIpc) is 2.77. The smallest absolute Gasteiger partial charge is 0.229 e. The van der Waals surface area contributed by atoms with Gasteiger partial charge in [-0.2, -0.15) is 0 Å². The normalized spacial score (nSPS) is 19.7. The van der Waals surface area contributed by atoms with Crippen LogP contribution in [0.3, 0.4) is 0 Å². The summed E-state index contributed by atoms with van der Waals surface area (Å²) in [6, 6.07) is 5.04. The number of ether oxygens (including phenoxy) is 1. The summed E-state index contributed by atoms with van der Waals surface area (Å²) in [5.41, 5.74) is 6.77. The largest absolute Gasteiger partial charge is 0.397 e. The van der Waals surface area contributed by atoms with E-state index in [0.29, 0.717) is 29.6 Å². The molecule has 16 heavy (non-hydrogen) atoms. The van der Waals surface area contributed by atoms with Gasteiger partial charge in [-0.25, -0.2) is 0 Å². The van der Waals surface area contributed by atoms with Crippen molar-refractivity contribution in [3.63, 3.8) is 0 Å². The fourth-order valence-corrected chi connectivity index (χ4v) is 1.72. The quantitative estimate of drug-likeness (QED) is 0.776. The second kappa shape index (κ2) is 4.72. The summed E-state index contributed by atoms with van der Waals surface area (Å²) >= 11 is 5.79. The van der Waals surface area contributed by atoms with E-state index in [1.54, 1.807) is 18.2 Å². The SMILES string of the molecule is Nc1cc(NC(=O)C2CCOC2)ccc1Cl. The topological polar surface area (TPSA) is 64.3 Å². The first kappa shape index (κ1) is 11.2. The van der Waals surface area contributed by atoms with Crippen LogP contribution in [0.2, 0.25) is 5.02 Å². The molecule has 0 saturated carbocycles. The van der Waals surface area contributed by atoms with E-state index in [4.69, 9.17) is 22.1 Å². The highest BCUT2D eigenvalue weighted by atomic mass is 35.5. The van der Waals surface area contributed by atoms with Crippen LogP contribution in [-0.2, 0) is 9.53 Å². The lowest BCUT2D eigenvalue weighted by atomic mass is 10.1. The third-order valence-electron chi connectivity index (χ3n) is 2.56. The van der Waals surface area contributed by atoms with E-state index >= 15 is 0 Å². The lowest BCUT2D eigenvalue weighted by molar-refractivity contribution is -0.119. The van der Waals surface area contributed by atoms with Crippen LogP contribution in [0.4, 0.5) is 11.4 Å². The standard InChI is InChI=1S/C11H13ClN2O2/c12-9-2-1-8(5-10(9)13)14-11(15)7-3-4-16-6-7/h1-2,5,7H,3-4,6,13H2,(H,14,15). The Morgan fingerprint density at radius 1 is 1.56 bits per heavy atom. The molecule has 0 spiro atoms. The lowest BCUT2D eigenvalue weighted by Crippen LogP contribution is -2.22. The zero-order valence-electron chi connectivity index (χ0n) is 8.70. The van der Waals surface area contributed by atoms with Gasteiger partial charge in [-0.15, -0.1) is 0 Å². The molecule has 2 rings (SSSR count). The summed E-state index contributed by atoms with van der Waals surface area (Å²) in [6.45, 7) is 1.15. The summed E-state index contributed by atoms with van der Waals surface area (Å²) in [5.74, 6) is -0.0869. The molecule has 0 bridgehead atoms. The Labute approximate surface area is 98.7 Å². The predicted molar refractivity (Wildman–Crippen MR) is 63.4 cm³/mol. The third kappa shape index (κ3) is 2.46. The predicted octanol–water partition coefficient (Wildman–Crippen LogP) is 1.90. The summed E-state index contributed by atoms with van der Waals surface area (Å²) in [6.07, 6.45) is 0.773. The third-order valence-corrected chi connectivity index (χ3v) is 2.91. The molecule has 1 amide bonds. The van der Waals surface area contributed by atoms with Crippen LogP contribution < -0.4 is 11.1 Å². The summed E-state index contributed by atoms with van der Waals surface area (Å²) < 4.78 is 5.15. The van der Waals surface area contributed by atoms with Crippen molar-refractivity contribution < 1.29 is 9.53 Å². The van der Waals surface area contributed by atoms with Crippen molar-refractivity contribution in [1.82, 2.24) is 0 Å². The van der Waals surface area contributed by atoms with Gasteiger partial charge in [0.15, 0.2) is 0 Å². The Bertz CT molecular complexity index is 403. The van der Waals surface area contributed by atoms with Gasteiger partial charge >= 0.3 is 0 Å². The van der Waals surface area contributed by atoms with E-state index < -0.39 is 0 Å². The van der Waals surface area contributed by atoms with Gasteiger partial charge in [0.05, 0.1) is 23.2 Å².